The number of piperidine rings is 1. The smallest absolute Gasteiger partial charge is 0.320 e. The second-order valence-corrected chi connectivity index (χ2v) is 7.08. The van der Waals surface area contributed by atoms with E-state index in [2.05, 4.69) is 36.1 Å². The maximum atomic E-state index is 11.8. The Morgan fingerprint density at radius 1 is 1.20 bits per heavy atom. The molecule has 132 valence electrons. The van der Waals surface area contributed by atoms with Gasteiger partial charge in [0.2, 0.25) is 0 Å². The standard InChI is InChI=1S/C21H24ClNO2/c1-2-15-9-11-16(12-10-15)20(17-6-5-7-18(22)14-17)23-13-4-3-8-19(23)21(24)25/h5-7,9-12,14,19-20H,2-4,8,13H2,1H3,(H,24,25). The quantitative estimate of drug-likeness (QED) is 0.824. The van der Waals surface area contributed by atoms with Crippen LogP contribution in [0.15, 0.2) is 48.5 Å². The molecule has 1 heterocycles. The van der Waals surface area contributed by atoms with E-state index >= 15 is 0 Å². The molecule has 1 aliphatic heterocycles. The number of likely N-dealkylation sites (tertiary alicyclic amines) is 1. The van der Waals surface area contributed by atoms with E-state index in [1.165, 1.54) is 5.56 Å². The maximum Gasteiger partial charge on any atom is 0.320 e. The van der Waals surface area contributed by atoms with Gasteiger partial charge in [-0.15, -0.1) is 0 Å². The van der Waals surface area contributed by atoms with Gasteiger partial charge in [0.05, 0.1) is 6.04 Å². The summed E-state index contributed by atoms with van der Waals surface area (Å²) in [6, 6.07) is 15.7. The normalized spacial score (nSPS) is 19.5. The molecule has 25 heavy (non-hydrogen) atoms. The molecular formula is C21H24ClNO2. The molecule has 1 aliphatic rings. The molecule has 0 aromatic heterocycles. The maximum absolute atomic E-state index is 11.8. The van der Waals surface area contributed by atoms with Gasteiger partial charge < -0.3 is 5.11 Å². The van der Waals surface area contributed by atoms with E-state index in [0.29, 0.717) is 11.4 Å². The lowest BCUT2D eigenvalue weighted by atomic mass is 9.91. The van der Waals surface area contributed by atoms with Crippen LogP contribution in [0.5, 0.6) is 0 Å². The molecule has 0 radical (unpaired) electrons. The third kappa shape index (κ3) is 4.05. The van der Waals surface area contributed by atoms with E-state index in [9.17, 15) is 9.90 Å². The lowest BCUT2D eigenvalue weighted by Crippen LogP contribution is -2.46. The van der Waals surface area contributed by atoms with Crippen molar-refractivity contribution in [2.24, 2.45) is 0 Å². The number of hydrogen-bond acceptors (Lipinski definition) is 2. The number of nitrogens with zero attached hydrogens (tertiary/aromatic N) is 1. The summed E-state index contributed by atoms with van der Waals surface area (Å²) in [4.78, 5) is 14.0. The summed E-state index contributed by atoms with van der Waals surface area (Å²) in [6.07, 6.45) is 3.67. The van der Waals surface area contributed by atoms with Crippen molar-refractivity contribution in [3.63, 3.8) is 0 Å². The average molecular weight is 358 g/mol. The molecule has 1 fully saturated rings. The predicted octanol–water partition coefficient (Wildman–Crippen LogP) is 4.93. The van der Waals surface area contributed by atoms with Gasteiger partial charge in [0.25, 0.3) is 0 Å². The summed E-state index contributed by atoms with van der Waals surface area (Å²) in [5.41, 5.74) is 3.44. The van der Waals surface area contributed by atoms with Gasteiger partial charge in [0.15, 0.2) is 0 Å². The molecule has 2 aromatic rings. The van der Waals surface area contributed by atoms with Crippen LogP contribution in [0.1, 0.15) is 48.9 Å². The number of aliphatic carboxylic acids is 1. The molecule has 0 saturated carbocycles. The Labute approximate surface area is 154 Å². The Balaban J connectivity index is 2.05. The van der Waals surface area contributed by atoms with Crippen LogP contribution in [0, 0.1) is 0 Å². The Hall–Kier alpha value is -1.84. The minimum absolute atomic E-state index is 0.0917. The van der Waals surface area contributed by atoms with Crippen molar-refractivity contribution in [1.82, 2.24) is 4.90 Å². The molecular weight excluding hydrogens is 334 g/mol. The summed E-state index contributed by atoms with van der Waals surface area (Å²) >= 11 is 6.23. The van der Waals surface area contributed by atoms with E-state index in [1.54, 1.807) is 0 Å². The van der Waals surface area contributed by atoms with Crippen LogP contribution >= 0.6 is 11.6 Å². The number of carboxylic acids is 1. The summed E-state index contributed by atoms with van der Waals surface area (Å²) < 4.78 is 0. The molecule has 2 aromatic carbocycles. The van der Waals surface area contributed by atoms with Crippen molar-refractivity contribution in [1.29, 1.82) is 0 Å². The number of carbonyl (C=O) groups is 1. The molecule has 0 aliphatic carbocycles. The monoisotopic (exact) mass is 357 g/mol. The van der Waals surface area contributed by atoms with Gasteiger partial charge >= 0.3 is 5.97 Å². The van der Waals surface area contributed by atoms with Gasteiger partial charge in [-0.05, 0) is 54.6 Å². The summed E-state index contributed by atoms with van der Waals surface area (Å²) in [5.74, 6) is -0.739. The van der Waals surface area contributed by atoms with Gasteiger partial charge in [0, 0.05) is 5.02 Å². The molecule has 0 bridgehead atoms. The topological polar surface area (TPSA) is 40.5 Å². The largest absolute Gasteiger partial charge is 0.480 e. The van der Waals surface area contributed by atoms with Crippen molar-refractivity contribution in [2.45, 2.75) is 44.7 Å². The number of halogens is 1. The summed E-state index contributed by atoms with van der Waals surface area (Å²) in [6.45, 7) is 2.91. The van der Waals surface area contributed by atoms with E-state index in [-0.39, 0.29) is 6.04 Å². The van der Waals surface area contributed by atoms with E-state index in [1.807, 2.05) is 24.3 Å². The zero-order valence-corrected chi connectivity index (χ0v) is 15.2. The van der Waals surface area contributed by atoms with E-state index in [0.717, 1.165) is 36.9 Å². The zero-order valence-electron chi connectivity index (χ0n) is 14.5. The first kappa shape index (κ1) is 18.0. The lowest BCUT2D eigenvalue weighted by Gasteiger charge is -2.39. The van der Waals surface area contributed by atoms with Crippen LogP contribution in [0.25, 0.3) is 0 Å². The second kappa shape index (κ2) is 8.03. The molecule has 3 rings (SSSR count). The highest BCUT2D eigenvalue weighted by molar-refractivity contribution is 6.30. The van der Waals surface area contributed by atoms with Crippen molar-refractivity contribution in [2.75, 3.05) is 6.54 Å². The molecule has 3 nitrogen and oxygen atoms in total. The highest BCUT2D eigenvalue weighted by atomic mass is 35.5. The molecule has 1 N–H and O–H groups in total. The van der Waals surface area contributed by atoms with Crippen LogP contribution in [0.2, 0.25) is 5.02 Å². The zero-order chi connectivity index (χ0) is 17.8. The molecule has 0 amide bonds. The Kier molecular flexibility index (Phi) is 5.77. The number of rotatable bonds is 5. The van der Waals surface area contributed by atoms with Gasteiger partial charge in [-0.25, -0.2) is 0 Å². The number of carboxylic acid groups (broad SMARTS) is 1. The highest BCUT2D eigenvalue weighted by Crippen LogP contribution is 2.35. The second-order valence-electron chi connectivity index (χ2n) is 6.64. The molecule has 4 heteroatoms. The fourth-order valence-electron chi connectivity index (χ4n) is 3.72. The number of aryl methyl sites for hydroxylation is 1. The molecule has 1 saturated heterocycles. The minimum atomic E-state index is -0.739. The Morgan fingerprint density at radius 3 is 2.60 bits per heavy atom. The van der Waals surface area contributed by atoms with Crippen molar-refractivity contribution >= 4 is 17.6 Å². The first-order valence-electron chi connectivity index (χ1n) is 8.93. The molecule has 0 spiro atoms. The van der Waals surface area contributed by atoms with Crippen LogP contribution in [-0.4, -0.2) is 28.6 Å². The first-order valence-corrected chi connectivity index (χ1v) is 9.30. The third-order valence-corrected chi connectivity index (χ3v) is 5.26. The van der Waals surface area contributed by atoms with Gasteiger partial charge in [-0.3, -0.25) is 9.69 Å². The van der Waals surface area contributed by atoms with Crippen molar-refractivity contribution in [3.8, 4) is 0 Å². The van der Waals surface area contributed by atoms with E-state index < -0.39 is 12.0 Å². The fourth-order valence-corrected chi connectivity index (χ4v) is 3.91. The highest BCUT2D eigenvalue weighted by Gasteiger charge is 2.35. The summed E-state index contributed by atoms with van der Waals surface area (Å²) in [5, 5.41) is 10.4. The average Bonchev–Trinajstić information content (AvgIpc) is 2.63. The fraction of sp³-hybridized carbons (Fsp3) is 0.381. The Bertz CT molecular complexity index is 729. The first-order chi connectivity index (χ1) is 12.1. The van der Waals surface area contributed by atoms with Gasteiger partial charge in [-0.1, -0.05) is 61.3 Å². The van der Waals surface area contributed by atoms with Crippen LogP contribution in [0.3, 0.4) is 0 Å². The van der Waals surface area contributed by atoms with Crippen LogP contribution < -0.4 is 0 Å². The predicted molar refractivity (Wildman–Crippen MR) is 101 cm³/mol. The van der Waals surface area contributed by atoms with Gasteiger partial charge in [0.1, 0.15) is 6.04 Å². The van der Waals surface area contributed by atoms with E-state index in [4.69, 9.17) is 11.6 Å². The van der Waals surface area contributed by atoms with Crippen LogP contribution in [-0.2, 0) is 11.2 Å². The molecule has 2 unspecified atom stereocenters. The SMILES string of the molecule is CCc1ccc(C(c2cccc(Cl)c2)N2CCCCC2C(=O)O)cc1. The number of benzene rings is 2. The number of hydrogen-bond donors (Lipinski definition) is 1. The molecule has 2 atom stereocenters. The Morgan fingerprint density at radius 2 is 1.96 bits per heavy atom. The van der Waals surface area contributed by atoms with Gasteiger partial charge in [-0.2, -0.15) is 0 Å². The lowest BCUT2D eigenvalue weighted by molar-refractivity contribution is -0.145. The summed E-state index contributed by atoms with van der Waals surface area (Å²) in [7, 11) is 0. The van der Waals surface area contributed by atoms with Crippen LogP contribution in [0.4, 0.5) is 0 Å². The van der Waals surface area contributed by atoms with Crippen molar-refractivity contribution in [3.05, 3.63) is 70.2 Å². The van der Waals surface area contributed by atoms with Crippen molar-refractivity contribution < 1.29 is 9.90 Å². The minimum Gasteiger partial charge on any atom is -0.480 e. The third-order valence-electron chi connectivity index (χ3n) is 5.03.